The Kier molecular flexibility index (Phi) is 1.81. The highest BCUT2D eigenvalue weighted by atomic mass is 32.2. The van der Waals surface area contributed by atoms with Gasteiger partial charge in [-0.3, -0.25) is 8.93 Å². The molecule has 1 unspecified atom stereocenters. The Morgan fingerprint density at radius 2 is 2.67 bits per heavy atom. The first kappa shape index (κ1) is 6.24. The molecule has 0 aromatic carbocycles. The van der Waals surface area contributed by atoms with Crippen molar-refractivity contribution in [2.75, 3.05) is 4.72 Å². The van der Waals surface area contributed by atoms with E-state index in [-0.39, 0.29) is 6.01 Å². The Morgan fingerprint density at radius 1 is 1.89 bits per heavy atom. The van der Waals surface area contributed by atoms with Crippen LogP contribution in [0, 0.1) is 0 Å². The number of nitrogens with one attached hydrogen (secondary N) is 1. The molecule has 0 saturated carbocycles. The molecule has 1 atom stereocenters. The van der Waals surface area contributed by atoms with Gasteiger partial charge in [-0.25, -0.2) is 4.98 Å². The van der Waals surface area contributed by atoms with Crippen LogP contribution < -0.4 is 4.72 Å². The van der Waals surface area contributed by atoms with Crippen LogP contribution in [-0.2, 0) is 11.3 Å². The summed E-state index contributed by atoms with van der Waals surface area (Å²) in [6.07, 6.45) is 2.62. The predicted molar refractivity (Wildman–Crippen MR) is 29.0 cm³/mol. The molecule has 0 aliphatic carbocycles. The first-order chi connectivity index (χ1) is 4.29. The average Bonchev–Trinajstić information content (AvgIpc) is 2.15. The Bertz CT molecular complexity index is 197. The SMILES string of the molecule is O=S([O-])Nc1ncco1. The molecule has 0 saturated heterocycles. The lowest BCUT2D eigenvalue weighted by atomic mass is 11.0. The van der Waals surface area contributed by atoms with Crippen molar-refractivity contribution in [3.8, 4) is 0 Å². The Labute approximate surface area is 53.5 Å². The molecule has 0 aliphatic rings. The lowest BCUT2D eigenvalue weighted by Crippen LogP contribution is -2.01. The summed E-state index contributed by atoms with van der Waals surface area (Å²) in [6.45, 7) is 0. The molecule has 1 rings (SSSR count). The Morgan fingerprint density at radius 3 is 3.11 bits per heavy atom. The summed E-state index contributed by atoms with van der Waals surface area (Å²) in [5, 5.41) is 0. The van der Waals surface area contributed by atoms with Crippen LogP contribution >= 0.6 is 0 Å². The van der Waals surface area contributed by atoms with E-state index in [0.717, 1.165) is 0 Å². The largest absolute Gasteiger partial charge is 0.755 e. The molecule has 0 amide bonds. The van der Waals surface area contributed by atoms with Gasteiger partial charge < -0.3 is 8.97 Å². The third-order valence-electron chi connectivity index (χ3n) is 0.603. The van der Waals surface area contributed by atoms with Crippen molar-refractivity contribution in [2.24, 2.45) is 0 Å². The van der Waals surface area contributed by atoms with Crippen molar-refractivity contribution in [1.82, 2.24) is 4.98 Å². The summed E-state index contributed by atoms with van der Waals surface area (Å²) in [4.78, 5) is 3.49. The minimum absolute atomic E-state index is 0.0247. The molecule has 1 aromatic rings. The van der Waals surface area contributed by atoms with Crippen molar-refractivity contribution < 1.29 is 13.2 Å². The van der Waals surface area contributed by atoms with Gasteiger partial charge in [0.25, 0.3) is 0 Å². The van der Waals surface area contributed by atoms with Crippen molar-refractivity contribution in [3.63, 3.8) is 0 Å². The van der Waals surface area contributed by atoms with Gasteiger partial charge in [-0.2, -0.15) is 0 Å². The number of nitrogens with zero attached hydrogens (tertiary/aromatic N) is 1. The molecule has 0 bridgehead atoms. The van der Waals surface area contributed by atoms with E-state index in [0.29, 0.717) is 0 Å². The monoisotopic (exact) mass is 147 g/mol. The first-order valence-electron chi connectivity index (χ1n) is 2.04. The minimum Gasteiger partial charge on any atom is -0.755 e. The van der Waals surface area contributed by atoms with Gasteiger partial charge in [0.2, 0.25) is 0 Å². The maximum Gasteiger partial charge on any atom is 0.305 e. The van der Waals surface area contributed by atoms with E-state index >= 15 is 0 Å². The molecular formula is C3H3N2O3S-. The average molecular weight is 147 g/mol. The Balaban J connectivity index is 2.58. The second kappa shape index (κ2) is 2.60. The molecule has 0 aliphatic heterocycles. The highest BCUT2D eigenvalue weighted by Crippen LogP contribution is 1.99. The van der Waals surface area contributed by atoms with E-state index in [9.17, 15) is 8.76 Å². The number of rotatable bonds is 2. The molecule has 0 fully saturated rings. The van der Waals surface area contributed by atoms with Crippen LogP contribution in [0.3, 0.4) is 0 Å². The number of oxazole rings is 1. The van der Waals surface area contributed by atoms with Gasteiger partial charge >= 0.3 is 6.01 Å². The molecule has 1 heterocycles. The van der Waals surface area contributed by atoms with Crippen LogP contribution in [0.1, 0.15) is 0 Å². The van der Waals surface area contributed by atoms with E-state index in [1.54, 1.807) is 0 Å². The summed E-state index contributed by atoms with van der Waals surface area (Å²) < 4.78 is 26.2. The van der Waals surface area contributed by atoms with Crippen molar-refractivity contribution >= 4 is 17.3 Å². The van der Waals surface area contributed by atoms with Crippen LogP contribution in [0.5, 0.6) is 0 Å². The molecule has 9 heavy (non-hydrogen) atoms. The summed E-state index contributed by atoms with van der Waals surface area (Å²) in [5.74, 6) is 0. The minimum atomic E-state index is -2.35. The van der Waals surface area contributed by atoms with Crippen LogP contribution in [0.2, 0.25) is 0 Å². The van der Waals surface area contributed by atoms with Gasteiger partial charge in [-0.15, -0.1) is 0 Å². The van der Waals surface area contributed by atoms with Gasteiger partial charge in [0, 0.05) is 11.3 Å². The summed E-state index contributed by atoms with van der Waals surface area (Å²) in [7, 11) is 0. The normalized spacial score (nSPS) is 13.0. The lowest BCUT2D eigenvalue weighted by molar-refractivity contribution is 0.534. The molecule has 6 heteroatoms. The zero-order valence-electron chi connectivity index (χ0n) is 4.23. The zero-order chi connectivity index (χ0) is 6.69. The lowest BCUT2D eigenvalue weighted by Gasteiger charge is -2.01. The fraction of sp³-hybridized carbons (Fsp3) is 0. The maximum absolute atomic E-state index is 9.86. The quantitative estimate of drug-likeness (QED) is 0.591. The highest BCUT2D eigenvalue weighted by molar-refractivity contribution is 7.80. The molecule has 1 aromatic heterocycles. The van der Waals surface area contributed by atoms with Crippen LogP contribution in [0.4, 0.5) is 6.01 Å². The number of hydrogen-bond acceptors (Lipinski definition) is 4. The van der Waals surface area contributed by atoms with E-state index in [2.05, 4.69) is 9.40 Å². The maximum atomic E-state index is 9.86. The van der Waals surface area contributed by atoms with Gasteiger partial charge in [0.05, 0.1) is 6.20 Å². The predicted octanol–water partition coefficient (Wildman–Crippen LogP) is -0.119. The zero-order valence-corrected chi connectivity index (χ0v) is 5.05. The fourth-order valence-corrected chi connectivity index (χ4v) is 0.589. The highest BCUT2D eigenvalue weighted by Gasteiger charge is 1.91. The number of hydrogen-bond donors (Lipinski definition) is 1. The van der Waals surface area contributed by atoms with Gasteiger partial charge in [0.15, 0.2) is 0 Å². The fourth-order valence-electron chi connectivity index (χ4n) is 0.345. The molecule has 50 valence electrons. The third kappa shape index (κ3) is 1.82. The number of anilines is 1. The molecule has 0 spiro atoms. The molecular weight excluding hydrogens is 144 g/mol. The smallest absolute Gasteiger partial charge is 0.305 e. The molecule has 0 radical (unpaired) electrons. The van der Waals surface area contributed by atoms with E-state index in [1.807, 2.05) is 4.72 Å². The summed E-state index contributed by atoms with van der Waals surface area (Å²) in [6, 6.07) is -0.0247. The molecule has 5 nitrogen and oxygen atoms in total. The van der Waals surface area contributed by atoms with Crippen molar-refractivity contribution in [1.29, 1.82) is 0 Å². The van der Waals surface area contributed by atoms with Crippen molar-refractivity contribution in [2.45, 2.75) is 0 Å². The second-order valence-corrected chi connectivity index (χ2v) is 1.85. The van der Waals surface area contributed by atoms with E-state index in [4.69, 9.17) is 0 Å². The summed E-state index contributed by atoms with van der Waals surface area (Å²) >= 11 is -2.35. The molecule has 1 N–H and O–H groups in total. The van der Waals surface area contributed by atoms with Crippen LogP contribution in [0.25, 0.3) is 0 Å². The van der Waals surface area contributed by atoms with Crippen LogP contribution in [-0.4, -0.2) is 13.7 Å². The Hall–Kier alpha value is -0.880. The van der Waals surface area contributed by atoms with E-state index in [1.165, 1.54) is 12.5 Å². The van der Waals surface area contributed by atoms with Gasteiger partial charge in [-0.1, -0.05) is 0 Å². The second-order valence-electron chi connectivity index (χ2n) is 1.17. The van der Waals surface area contributed by atoms with Gasteiger partial charge in [-0.05, 0) is 0 Å². The topological polar surface area (TPSA) is 78.2 Å². The third-order valence-corrected chi connectivity index (χ3v) is 0.944. The van der Waals surface area contributed by atoms with Crippen molar-refractivity contribution in [3.05, 3.63) is 12.5 Å². The standard InChI is InChI=1S/C3H4N2O3S/c6-9(7)5-3-4-1-2-8-3/h1-2H,(H,4,5)(H,6,7)/p-1. The van der Waals surface area contributed by atoms with Crippen LogP contribution in [0.15, 0.2) is 16.9 Å². The van der Waals surface area contributed by atoms with E-state index < -0.39 is 11.3 Å². The van der Waals surface area contributed by atoms with Gasteiger partial charge in [0.1, 0.15) is 6.26 Å². The first-order valence-corrected chi connectivity index (χ1v) is 3.12. The summed E-state index contributed by atoms with van der Waals surface area (Å²) in [5.41, 5.74) is 0. The number of aromatic nitrogens is 1.